The molecule has 8 nitrogen and oxygen atoms in total. The van der Waals surface area contributed by atoms with Crippen molar-refractivity contribution in [2.75, 3.05) is 5.75 Å². The molecule has 9 heteroatoms. The molecule has 1 aliphatic rings. The van der Waals surface area contributed by atoms with Gasteiger partial charge in [-0.2, -0.15) is 5.10 Å². The Morgan fingerprint density at radius 3 is 3.00 bits per heavy atom. The molecule has 3 heterocycles. The van der Waals surface area contributed by atoms with Crippen molar-refractivity contribution in [3.63, 3.8) is 0 Å². The van der Waals surface area contributed by atoms with Gasteiger partial charge in [0.15, 0.2) is 0 Å². The summed E-state index contributed by atoms with van der Waals surface area (Å²) in [6.45, 7) is 2.49. The third kappa shape index (κ3) is 2.67. The van der Waals surface area contributed by atoms with Crippen molar-refractivity contribution in [2.24, 2.45) is 4.99 Å². The molecule has 0 unspecified atom stereocenters. The third-order valence-electron chi connectivity index (χ3n) is 3.80. The number of aliphatic imine (C=N–C) groups is 1. The molecule has 0 saturated heterocycles. The largest absolute Gasteiger partial charge is 0.347 e. The van der Waals surface area contributed by atoms with Gasteiger partial charge in [0.25, 0.3) is 5.69 Å². The highest BCUT2D eigenvalue weighted by atomic mass is 32.2. The molecule has 0 radical (unpaired) electrons. The Bertz CT molecular complexity index is 946. The van der Waals surface area contributed by atoms with Crippen LogP contribution in [0.15, 0.2) is 35.8 Å². The van der Waals surface area contributed by atoms with E-state index in [-0.39, 0.29) is 16.7 Å². The Hall–Kier alpha value is -2.68. The van der Waals surface area contributed by atoms with Gasteiger partial charge in [-0.25, -0.2) is 9.67 Å². The van der Waals surface area contributed by atoms with Gasteiger partial charge in [-0.15, -0.1) is 11.8 Å². The van der Waals surface area contributed by atoms with E-state index in [2.05, 4.69) is 27.0 Å². The summed E-state index contributed by atoms with van der Waals surface area (Å²) in [6, 6.07) is 5.72. The van der Waals surface area contributed by atoms with Gasteiger partial charge >= 0.3 is 0 Å². The number of hydrogen-bond donors (Lipinski definition) is 1. The highest BCUT2D eigenvalue weighted by molar-refractivity contribution is 8.14. The van der Waals surface area contributed by atoms with Crippen molar-refractivity contribution < 1.29 is 4.92 Å². The van der Waals surface area contributed by atoms with Crippen LogP contribution in [0.1, 0.15) is 18.2 Å². The van der Waals surface area contributed by atoms with Crippen molar-refractivity contribution in [1.29, 1.82) is 0 Å². The molecule has 4 rings (SSSR count). The first-order valence-electron chi connectivity index (χ1n) is 7.43. The fourth-order valence-corrected chi connectivity index (χ4v) is 3.75. The maximum atomic E-state index is 11.5. The molecule has 0 amide bonds. The minimum atomic E-state index is -0.361. The zero-order chi connectivity index (χ0) is 16.7. The summed E-state index contributed by atoms with van der Waals surface area (Å²) in [5, 5.41) is 17.2. The van der Waals surface area contributed by atoms with E-state index in [1.54, 1.807) is 28.8 Å². The minimum Gasteiger partial charge on any atom is -0.347 e. The lowest BCUT2D eigenvalue weighted by atomic mass is 10.1. The van der Waals surface area contributed by atoms with Crippen LogP contribution in [-0.2, 0) is 6.54 Å². The molecular weight excluding hydrogens is 328 g/mol. The topological polar surface area (TPSA) is 102 Å². The van der Waals surface area contributed by atoms with Gasteiger partial charge in [0.05, 0.1) is 23.2 Å². The number of nitro benzene ring substituents is 1. The quantitative estimate of drug-likeness (QED) is 0.580. The van der Waals surface area contributed by atoms with Crippen LogP contribution in [0.2, 0.25) is 0 Å². The van der Waals surface area contributed by atoms with Crippen LogP contribution in [0.3, 0.4) is 0 Å². The Labute approximate surface area is 141 Å². The van der Waals surface area contributed by atoms with Crippen LogP contribution in [0.4, 0.5) is 5.69 Å². The lowest BCUT2D eigenvalue weighted by Gasteiger charge is -2.02. The maximum absolute atomic E-state index is 11.5. The molecule has 1 aliphatic heterocycles. The molecule has 0 aliphatic carbocycles. The van der Waals surface area contributed by atoms with Gasteiger partial charge in [0.1, 0.15) is 23.2 Å². The van der Waals surface area contributed by atoms with E-state index in [4.69, 9.17) is 0 Å². The van der Waals surface area contributed by atoms with E-state index in [1.807, 2.05) is 12.1 Å². The van der Waals surface area contributed by atoms with E-state index in [9.17, 15) is 10.1 Å². The first kappa shape index (κ1) is 14.9. The number of thioether (sulfide) groups is 1. The number of aromatic amines is 1. The average molecular weight is 342 g/mol. The van der Waals surface area contributed by atoms with Crippen LogP contribution in [0.25, 0.3) is 10.9 Å². The van der Waals surface area contributed by atoms with E-state index in [0.29, 0.717) is 12.1 Å². The zero-order valence-corrected chi connectivity index (χ0v) is 13.7. The first-order valence-corrected chi connectivity index (χ1v) is 8.42. The molecule has 24 heavy (non-hydrogen) atoms. The van der Waals surface area contributed by atoms with Crippen molar-refractivity contribution in [1.82, 2.24) is 19.7 Å². The predicted molar refractivity (Wildman–Crippen MR) is 92.5 cm³/mol. The number of nitrogens with zero attached hydrogens (tertiary/aromatic N) is 5. The third-order valence-corrected chi connectivity index (χ3v) is 5.05. The first-order chi connectivity index (χ1) is 11.6. The number of nitro groups is 1. The number of fused-ring (bicyclic) bond motifs is 1. The lowest BCUT2D eigenvalue weighted by molar-refractivity contribution is -0.383. The Morgan fingerprint density at radius 1 is 1.46 bits per heavy atom. The molecule has 122 valence electrons. The highest BCUT2D eigenvalue weighted by Gasteiger charge is 2.21. The van der Waals surface area contributed by atoms with Crippen LogP contribution in [0, 0.1) is 10.1 Å². The van der Waals surface area contributed by atoms with Gasteiger partial charge < -0.3 is 4.98 Å². The van der Waals surface area contributed by atoms with E-state index < -0.39 is 0 Å². The molecule has 1 aromatic carbocycles. The second-order valence-corrected chi connectivity index (χ2v) is 6.72. The lowest BCUT2D eigenvalue weighted by Crippen LogP contribution is -2.01. The van der Waals surface area contributed by atoms with Gasteiger partial charge in [-0.3, -0.25) is 15.1 Å². The van der Waals surface area contributed by atoms with Crippen molar-refractivity contribution in [2.45, 2.75) is 19.5 Å². The fraction of sp³-hybridized carbons (Fsp3) is 0.267. The highest BCUT2D eigenvalue weighted by Crippen LogP contribution is 2.31. The summed E-state index contributed by atoms with van der Waals surface area (Å²) in [5.74, 6) is 0.935. The van der Waals surface area contributed by atoms with Crippen molar-refractivity contribution >= 4 is 33.4 Å². The second-order valence-electron chi connectivity index (χ2n) is 5.71. The molecule has 2 aromatic heterocycles. The molecule has 0 fully saturated rings. The maximum Gasteiger partial charge on any atom is 0.293 e. The zero-order valence-electron chi connectivity index (χ0n) is 12.8. The number of aromatic nitrogens is 4. The number of nitrogens with one attached hydrogen (secondary N) is 1. The SMILES string of the molecule is C[C@@H]1CSC(c2cc3cc(Cn4cncn4)cc([N+](=O)[O-])c3[nH]2)=N1. The molecule has 0 saturated carbocycles. The smallest absolute Gasteiger partial charge is 0.293 e. The fourth-order valence-electron chi connectivity index (χ4n) is 2.76. The van der Waals surface area contributed by atoms with Crippen molar-refractivity contribution in [3.8, 4) is 0 Å². The van der Waals surface area contributed by atoms with E-state index in [1.165, 1.54) is 6.33 Å². The van der Waals surface area contributed by atoms with Crippen LogP contribution in [-0.4, -0.2) is 41.5 Å². The molecule has 0 bridgehead atoms. The summed E-state index contributed by atoms with van der Waals surface area (Å²) in [5.41, 5.74) is 2.23. The normalized spacial score (nSPS) is 17.4. The van der Waals surface area contributed by atoms with Gasteiger partial charge in [-0.05, 0) is 24.6 Å². The minimum absolute atomic E-state index is 0.0607. The number of non-ortho nitro benzene ring substituents is 1. The Kier molecular flexibility index (Phi) is 3.57. The van der Waals surface area contributed by atoms with Gasteiger partial charge in [0, 0.05) is 17.2 Å². The van der Waals surface area contributed by atoms with Crippen LogP contribution >= 0.6 is 11.8 Å². The summed E-state index contributed by atoms with van der Waals surface area (Å²) in [6.07, 6.45) is 3.03. The standard InChI is InChI=1S/C15H14N6O2S/c1-9-6-24-15(18-9)12-4-11-2-10(5-20-8-16-7-17-20)3-13(21(22)23)14(11)19-12/h2-4,7-9,19H,5-6H2,1H3/t9-/m1/s1. The predicted octanol–water partition coefficient (Wildman–Crippen LogP) is 2.60. The number of H-pyrrole nitrogens is 1. The molecule has 0 spiro atoms. The molecule has 3 aromatic rings. The summed E-state index contributed by atoms with van der Waals surface area (Å²) >= 11 is 1.67. The summed E-state index contributed by atoms with van der Waals surface area (Å²) < 4.78 is 1.64. The molecular formula is C15H14N6O2S. The molecule has 1 N–H and O–H groups in total. The summed E-state index contributed by atoms with van der Waals surface area (Å²) in [4.78, 5) is 22.7. The average Bonchev–Trinajstić information content (AvgIpc) is 3.26. The second kappa shape index (κ2) is 5.75. The van der Waals surface area contributed by atoms with Crippen LogP contribution < -0.4 is 0 Å². The number of rotatable bonds is 4. The summed E-state index contributed by atoms with van der Waals surface area (Å²) in [7, 11) is 0. The van der Waals surface area contributed by atoms with Crippen molar-refractivity contribution in [3.05, 3.63) is 52.2 Å². The van der Waals surface area contributed by atoms with Crippen LogP contribution in [0.5, 0.6) is 0 Å². The number of hydrogen-bond acceptors (Lipinski definition) is 6. The van der Waals surface area contributed by atoms with E-state index in [0.717, 1.165) is 27.4 Å². The number of benzene rings is 1. The monoisotopic (exact) mass is 342 g/mol. The Balaban J connectivity index is 1.80. The van der Waals surface area contributed by atoms with Gasteiger partial charge in [-0.1, -0.05) is 0 Å². The van der Waals surface area contributed by atoms with E-state index >= 15 is 0 Å². The molecule has 1 atom stereocenters. The van der Waals surface area contributed by atoms with Gasteiger partial charge in [0.2, 0.25) is 0 Å². The Morgan fingerprint density at radius 2 is 2.33 bits per heavy atom.